The van der Waals surface area contributed by atoms with E-state index >= 15 is 0 Å². The summed E-state index contributed by atoms with van der Waals surface area (Å²) in [6.45, 7) is 8.37. The Labute approximate surface area is 132 Å². The molecule has 1 aliphatic heterocycles. The minimum atomic E-state index is -0.252. The molecule has 3 unspecified atom stereocenters. The number of alkyl halides is 1. The number of hydrogen-bond acceptors (Lipinski definition) is 6. The van der Waals surface area contributed by atoms with Crippen molar-refractivity contribution in [1.29, 1.82) is 0 Å². The first kappa shape index (κ1) is 22.8. The lowest BCUT2D eigenvalue weighted by Gasteiger charge is -2.19. The Balaban J connectivity index is 0. The minimum absolute atomic E-state index is 0.0513. The lowest BCUT2D eigenvalue weighted by atomic mass is 10.3. The number of aliphatic hydroxyl groups excluding tert-OH is 2. The Bertz CT molecular complexity index is 239. The first-order valence-corrected chi connectivity index (χ1v) is 7.54. The average molecular weight is 328 g/mol. The first-order chi connectivity index (χ1) is 9.87. The van der Waals surface area contributed by atoms with Gasteiger partial charge in [-0.3, -0.25) is 4.79 Å². The van der Waals surface area contributed by atoms with Gasteiger partial charge in [0, 0.05) is 24.7 Å². The van der Waals surface area contributed by atoms with Crippen molar-refractivity contribution >= 4 is 17.5 Å². The molecular formula is C13H30ClN3O4. The summed E-state index contributed by atoms with van der Waals surface area (Å²) in [6.07, 6.45) is 0. The van der Waals surface area contributed by atoms with E-state index in [4.69, 9.17) is 32.3 Å². The molecule has 0 aromatic heterocycles. The molecule has 0 bridgehead atoms. The number of hydrogen-bond donors (Lipinski definition) is 5. The number of morpholine rings is 1. The normalized spacial score (nSPS) is 20.0. The van der Waals surface area contributed by atoms with E-state index in [0.717, 1.165) is 19.8 Å². The van der Waals surface area contributed by atoms with Crippen LogP contribution in [0.2, 0.25) is 0 Å². The summed E-state index contributed by atoms with van der Waals surface area (Å²) in [5.41, 5.74) is 5.04. The van der Waals surface area contributed by atoms with Gasteiger partial charge >= 0.3 is 0 Å². The Morgan fingerprint density at radius 3 is 2.29 bits per heavy atom. The van der Waals surface area contributed by atoms with E-state index in [1.165, 1.54) is 0 Å². The topological polar surface area (TPSA) is 117 Å². The van der Waals surface area contributed by atoms with Crippen LogP contribution in [0.25, 0.3) is 0 Å². The lowest BCUT2D eigenvalue weighted by Crippen LogP contribution is -2.38. The number of nitrogens with two attached hydrogens (primary N) is 1. The smallest absolute Gasteiger partial charge is 0.235 e. The second kappa shape index (κ2) is 15.9. The standard InChI is InChI=1S/C5H10ClNO2.C5H11NO.C3H9NO/c1-4(3-8)7-5(9)2-6;1-5-4-7-3-2-6-5;1-3(4)2-5/h4,8H,2-3H2,1H3,(H,7,9);5-6H,2-4H2,1H3;3,5H,2,4H2,1H3. The number of rotatable bonds is 4. The van der Waals surface area contributed by atoms with Crippen molar-refractivity contribution in [1.82, 2.24) is 10.6 Å². The molecule has 8 heteroatoms. The van der Waals surface area contributed by atoms with Gasteiger partial charge in [0.15, 0.2) is 0 Å². The average Bonchev–Trinajstić information content (AvgIpc) is 2.48. The predicted molar refractivity (Wildman–Crippen MR) is 84.4 cm³/mol. The molecule has 0 aromatic carbocycles. The van der Waals surface area contributed by atoms with E-state index in [1.807, 2.05) is 0 Å². The largest absolute Gasteiger partial charge is 0.395 e. The van der Waals surface area contributed by atoms with Crippen LogP contribution in [0.15, 0.2) is 0 Å². The molecule has 0 aromatic rings. The van der Waals surface area contributed by atoms with Gasteiger partial charge in [-0.05, 0) is 20.8 Å². The van der Waals surface area contributed by atoms with Crippen molar-refractivity contribution in [2.75, 3.05) is 38.9 Å². The van der Waals surface area contributed by atoms with Crippen LogP contribution in [-0.2, 0) is 9.53 Å². The van der Waals surface area contributed by atoms with Crippen LogP contribution in [0, 0.1) is 0 Å². The van der Waals surface area contributed by atoms with E-state index in [0.29, 0.717) is 6.04 Å². The van der Waals surface area contributed by atoms with Crippen LogP contribution >= 0.6 is 11.6 Å². The monoisotopic (exact) mass is 327 g/mol. The highest BCUT2D eigenvalue weighted by Crippen LogP contribution is 1.88. The van der Waals surface area contributed by atoms with Crippen LogP contribution in [0.3, 0.4) is 0 Å². The maximum atomic E-state index is 10.4. The number of carbonyl (C=O) groups is 1. The van der Waals surface area contributed by atoms with E-state index in [-0.39, 0.29) is 37.1 Å². The zero-order valence-electron chi connectivity index (χ0n) is 13.1. The van der Waals surface area contributed by atoms with Crippen molar-refractivity contribution in [2.45, 2.75) is 38.9 Å². The number of aliphatic hydroxyl groups is 2. The first-order valence-electron chi connectivity index (χ1n) is 7.01. The molecule has 21 heavy (non-hydrogen) atoms. The molecule has 7 nitrogen and oxygen atoms in total. The molecule has 0 spiro atoms. The lowest BCUT2D eigenvalue weighted by molar-refractivity contribution is -0.119. The highest BCUT2D eigenvalue weighted by molar-refractivity contribution is 6.27. The van der Waals surface area contributed by atoms with Gasteiger partial charge in [-0.15, -0.1) is 11.6 Å². The molecule has 6 N–H and O–H groups in total. The third-order valence-electron chi connectivity index (χ3n) is 2.20. The van der Waals surface area contributed by atoms with Gasteiger partial charge in [-0.2, -0.15) is 0 Å². The van der Waals surface area contributed by atoms with Gasteiger partial charge in [0.2, 0.25) is 5.91 Å². The second-order valence-electron chi connectivity index (χ2n) is 4.87. The maximum Gasteiger partial charge on any atom is 0.235 e. The number of halogens is 1. The summed E-state index contributed by atoms with van der Waals surface area (Å²) in [5, 5.41) is 22.2. The molecule has 0 aliphatic carbocycles. The summed E-state index contributed by atoms with van der Waals surface area (Å²) in [5.74, 6) is -0.303. The van der Waals surface area contributed by atoms with E-state index in [2.05, 4.69) is 17.6 Å². The predicted octanol–water partition coefficient (Wildman–Crippen LogP) is -0.957. The van der Waals surface area contributed by atoms with Crippen molar-refractivity contribution in [2.24, 2.45) is 5.73 Å². The molecule has 0 saturated carbocycles. The van der Waals surface area contributed by atoms with Crippen molar-refractivity contribution in [3.8, 4) is 0 Å². The van der Waals surface area contributed by atoms with Gasteiger partial charge < -0.3 is 31.3 Å². The van der Waals surface area contributed by atoms with E-state index < -0.39 is 0 Å². The van der Waals surface area contributed by atoms with Crippen LogP contribution in [0.5, 0.6) is 0 Å². The zero-order valence-corrected chi connectivity index (χ0v) is 13.9. The van der Waals surface area contributed by atoms with Crippen molar-refractivity contribution < 1.29 is 19.7 Å². The Kier molecular flexibility index (Phi) is 17.3. The fourth-order valence-electron chi connectivity index (χ4n) is 1.06. The SMILES string of the molecule is CC(CO)NC(=O)CCl.CC(N)CO.CC1COCCN1. The molecule has 3 atom stereocenters. The molecule has 1 fully saturated rings. The summed E-state index contributed by atoms with van der Waals surface area (Å²) >= 11 is 5.16. The third kappa shape index (κ3) is 19.6. The minimum Gasteiger partial charge on any atom is -0.395 e. The van der Waals surface area contributed by atoms with Gasteiger partial charge in [-0.25, -0.2) is 0 Å². The van der Waals surface area contributed by atoms with Crippen LogP contribution in [0.4, 0.5) is 0 Å². The number of ether oxygens (including phenoxy) is 1. The summed E-state index contributed by atoms with van der Waals surface area (Å²) in [6, 6.07) is 0.306. The van der Waals surface area contributed by atoms with E-state index in [9.17, 15) is 4.79 Å². The van der Waals surface area contributed by atoms with Crippen molar-refractivity contribution in [3.05, 3.63) is 0 Å². The number of amides is 1. The second-order valence-corrected chi connectivity index (χ2v) is 5.14. The van der Waals surface area contributed by atoms with Crippen molar-refractivity contribution in [3.63, 3.8) is 0 Å². The summed E-state index contributed by atoms with van der Waals surface area (Å²) in [7, 11) is 0. The van der Waals surface area contributed by atoms with Gasteiger partial charge in [0.25, 0.3) is 0 Å². The van der Waals surface area contributed by atoms with Gasteiger partial charge in [0.1, 0.15) is 5.88 Å². The molecule has 1 rings (SSSR count). The van der Waals surface area contributed by atoms with E-state index in [1.54, 1.807) is 13.8 Å². The maximum absolute atomic E-state index is 10.4. The fraction of sp³-hybridized carbons (Fsp3) is 0.923. The zero-order chi connectivity index (χ0) is 16.7. The quantitative estimate of drug-likeness (QED) is 0.425. The fourth-order valence-corrected chi connectivity index (χ4v) is 1.13. The van der Waals surface area contributed by atoms with Crippen LogP contribution in [-0.4, -0.2) is 73.1 Å². The molecule has 1 heterocycles. The number of carbonyl (C=O) groups excluding carboxylic acids is 1. The van der Waals surface area contributed by atoms with Gasteiger partial charge in [-0.1, -0.05) is 0 Å². The molecule has 1 saturated heterocycles. The summed E-state index contributed by atoms with van der Waals surface area (Å²) in [4.78, 5) is 10.4. The number of nitrogens with one attached hydrogen (secondary N) is 2. The molecule has 128 valence electrons. The Morgan fingerprint density at radius 1 is 1.48 bits per heavy atom. The van der Waals surface area contributed by atoms with Gasteiger partial charge in [0.05, 0.1) is 26.4 Å². The highest BCUT2D eigenvalue weighted by atomic mass is 35.5. The highest BCUT2D eigenvalue weighted by Gasteiger charge is 2.04. The Morgan fingerprint density at radius 2 is 2.05 bits per heavy atom. The molecule has 1 amide bonds. The summed E-state index contributed by atoms with van der Waals surface area (Å²) < 4.78 is 5.12. The molecular weight excluding hydrogens is 298 g/mol. The molecule has 1 aliphatic rings. The third-order valence-corrected chi connectivity index (χ3v) is 2.44. The molecule has 0 radical (unpaired) electrons. The Hall–Kier alpha value is -0.440. The van der Waals surface area contributed by atoms with Crippen LogP contribution < -0.4 is 16.4 Å². The van der Waals surface area contributed by atoms with Crippen LogP contribution in [0.1, 0.15) is 20.8 Å².